The Labute approximate surface area is 158 Å². The number of hydrogen-bond acceptors (Lipinski definition) is 3. The van der Waals surface area contributed by atoms with Crippen molar-refractivity contribution in [1.29, 1.82) is 0 Å². The largest absolute Gasteiger partial charge is 0.488 e. The Bertz CT molecular complexity index is 612. The third kappa shape index (κ3) is 6.97. The van der Waals surface area contributed by atoms with Crippen molar-refractivity contribution in [3.8, 4) is 17.2 Å². The lowest BCUT2D eigenvalue weighted by molar-refractivity contribution is 0.205. The van der Waals surface area contributed by atoms with Crippen LogP contribution in [0.25, 0.3) is 0 Å². The Morgan fingerprint density at radius 1 is 0.760 bits per heavy atom. The van der Waals surface area contributed by atoms with Crippen LogP contribution in [0.5, 0.6) is 17.2 Å². The molecule has 0 aliphatic heterocycles. The van der Waals surface area contributed by atoms with E-state index in [4.69, 9.17) is 9.47 Å². The van der Waals surface area contributed by atoms with Crippen molar-refractivity contribution in [3.05, 3.63) is 54.1 Å². The Morgan fingerprint density at radius 3 is 1.92 bits per heavy atom. The van der Waals surface area contributed by atoms with Crippen molar-refractivity contribution < 1.29 is 9.47 Å². The van der Waals surface area contributed by atoms with Crippen LogP contribution in [0.4, 0.5) is 0 Å². The summed E-state index contributed by atoms with van der Waals surface area (Å²) < 4.78 is 12.1. The van der Waals surface area contributed by atoms with Gasteiger partial charge in [0.15, 0.2) is 11.5 Å². The number of benzene rings is 2. The van der Waals surface area contributed by atoms with Crippen LogP contribution < -0.4 is 9.47 Å². The summed E-state index contributed by atoms with van der Waals surface area (Å²) in [7, 11) is 0. The number of hydrogen-bond donors (Lipinski definition) is 0. The standard InChI is InChI=1S/C21H29NO2.ClH/c1-4-14-22(15-5-2)16-17-23-20-12-8-9-13-21(20)24-19-11-7-6-10-18(19)3;/h6-13H,4-5,14-17H2,1-3H3;1H. The topological polar surface area (TPSA) is 21.7 Å². The maximum atomic E-state index is 6.05. The number of halogens is 1. The minimum Gasteiger partial charge on any atom is -0.488 e. The monoisotopic (exact) mass is 363 g/mol. The lowest BCUT2D eigenvalue weighted by Crippen LogP contribution is -2.30. The van der Waals surface area contributed by atoms with Gasteiger partial charge in [0.25, 0.3) is 0 Å². The Balaban J connectivity index is 0.00000312. The Hall–Kier alpha value is -1.71. The summed E-state index contributed by atoms with van der Waals surface area (Å²) in [5.41, 5.74) is 1.12. The van der Waals surface area contributed by atoms with Gasteiger partial charge in [0.2, 0.25) is 0 Å². The van der Waals surface area contributed by atoms with Gasteiger partial charge in [-0.25, -0.2) is 0 Å². The molecular formula is C21H30ClNO2. The minimum absolute atomic E-state index is 0. The number of rotatable bonds is 10. The van der Waals surface area contributed by atoms with Gasteiger partial charge in [-0.05, 0) is 56.6 Å². The predicted octanol–water partition coefficient (Wildman–Crippen LogP) is 5.71. The molecule has 0 radical (unpaired) electrons. The number of aryl methyl sites for hydroxylation is 1. The van der Waals surface area contributed by atoms with Gasteiger partial charge in [-0.2, -0.15) is 0 Å². The molecule has 0 unspecified atom stereocenters. The second-order valence-electron chi connectivity index (χ2n) is 6.00. The molecule has 138 valence electrons. The number of nitrogens with zero attached hydrogens (tertiary/aromatic N) is 1. The van der Waals surface area contributed by atoms with Gasteiger partial charge in [0.05, 0.1) is 0 Å². The van der Waals surface area contributed by atoms with E-state index in [0.29, 0.717) is 6.61 Å². The molecule has 2 rings (SSSR count). The molecule has 0 amide bonds. The van der Waals surface area contributed by atoms with Gasteiger partial charge in [-0.3, -0.25) is 4.90 Å². The van der Waals surface area contributed by atoms with Crippen molar-refractivity contribution in [2.75, 3.05) is 26.2 Å². The lowest BCUT2D eigenvalue weighted by Gasteiger charge is -2.21. The van der Waals surface area contributed by atoms with Crippen molar-refractivity contribution in [1.82, 2.24) is 4.90 Å². The van der Waals surface area contributed by atoms with Crippen LogP contribution in [0.2, 0.25) is 0 Å². The molecule has 25 heavy (non-hydrogen) atoms. The fraction of sp³-hybridized carbons (Fsp3) is 0.429. The molecular weight excluding hydrogens is 334 g/mol. The highest BCUT2D eigenvalue weighted by molar-refractivity contribution is 5.85. The average molecular weight is 364 g/mol. The second kappa shape index (κ2) is 11.8. The molecule has 0 saturated carbocycles. The van der Waals surface area contributed by atoms with Crippen molar-refractivity contribution >= 4 is 12.4 Å². The molecule has 0 heterocycles. The van der Waals surface area contributed by atoms with Crippen LogP contribution in [0, 0.1) is 6.92 Å². The molecule has 3 nitrogen and oxygen atoms in total. The van der Waals surface area contributed by atoms with Gasteiger partial charge in [-0.15, -0.1) is 12.4 Å². The second-order valence-corrected chi connectivity index (χ2v) is 6.00. The van der Waals surface area contributed by atoms with Crippen LogP contribution in [-0.2, 0) is 0 Å². The summed E-state index contributed by atoms with van der Waals surface area (Å²) in [6.45, 7) is 10.3. The van der Waals surface area contributed by atoms with Crippen LogP contribution in [-0.4, -0.2) is 31.1 Å². The normalized spacial score (nSPS) is 10.4. The highest BCUT2D eigenvalue weighted by Gasteiger charge is 2.08. The van der Waals surface area contributed by atoms with E-state index in [2.05, 4.69) is 18.7 Å². The summed E-state index contributed by atoms with van der Waals surface area (Å²) in [5.74, 6) is 2.44. The zero-order valence-electron chi connectivity index (χ0n) is 15.5. The lowest BCUT2D eigenvalue weighted by atomic mass is 10.2. The number of ether oxygens (including phenoxy) is 2. The average Bonchev–Trinajstić information content (AvgIpc) is 2.59. The van der Waals surface area contributed by atoms with E-state index in [-0.39, 0.29) is 12.4 Å². The molecule has 0 bridgehead atoms. The molecule has 0 fully saturated rings. The summed E-state index contributed by atoms with van der Waals surface area (Å²) in [4.78, 5) is 2.45. The van der Waals surface area contributed by atoms with E-state index in [1.165, 1.54) is 12.8 Å². The first-order chi connectivity index (χ1) is 11.7. The first-order valence-electron chi connectivity index (χ1n) is 8.92. The molecule has 0 saturated heterocycles. The maximum Gasteiger partial charge on any atom is 0.169 e. The fourth-order valence-corrected chi connectivity index (χ4v) is 2.70. The molecule has 0 atom stereocenters. The third-order valence-electron chi connectivity index (χ3n) is 3.91. The smallest absolute Gasteiger partial charge is 0.169 e. The van der Waals surface area contributed by atoms with Crippen LogP contribution >= 0.6 is 12.4 Å². The van der Waals surface area contributed by atoms with E-state index in [0.717, 1.165) is 42.4 Å². The van der Waals surface area contributed by atoms with Crippen LogP contribution in [0.1, 0.15) is 32.3 Å². The quantitative estimate of drug-likeness (QED) is 0.539. The molecule has 0 N–H and O–H groups in total. The molecule has 2 aromatic carbocycles. The van der Waals surface area contributed by atoms with Crippen molar-refractivity contribution in [2.24, 2.45) is 0 Å². The molecule has 0 aromatic heterocycles. The minimum atomic E-state index is 0. The van der Waals surface area contributed by atoms with E-state index < -0.39 is 0 Å². The van der Waals surface area contributed by atoms with Crippen molar-refractivity contribution in [3.63, 3.8) is 0 Å². The molecule has 0 spiro atoms. The van der Waals surface area contributed by atoms with E-state index >= 15 is 0 Å². The highest BCUT2D eigenvalue weighted by Crippen LogP contribution is 2.32. The van der Waals surface area contributed by atoms with Gasteiger partial charge in [-0.1, -0.05) is 44.2 Å². The first kappa shape index (κ1) is 21.3. The Kier molecular flexibility index (Phi) is 10.0. The molecule has 0 aliphatic rings. The van der Waals surface area contributed by atoms with E-state index in [9.17, 15) is 0 Å². The van der Waals surface area contributed by atoms with Crippen LogP contribution in [0.15, 0.2) is 48.5 Å². The highest BCUT2D eigenvalue weighted by atomic mass is 35.5. The van der Waals surface area contributed by atoms with Crippen LogP contribution in [0.3, 0.4) is 0 Å². The zero-order valence-corrected chi connectivity index (χ0v) is 16.3. The summed E-state index contributed by atoms with van der Waals surface area (Å²) in [6, 6.07) is 15.9. The summed E-state index contributed by atoms with van der Waals surface area (Å²) in [5, 5.41) is 0. The van der Waals surface area contributed by atoms with Gasteiger partial charge >= 0.3 is 0 Å². The molecule has 4 heteroatoms. The third-order valence-corrected chi connectivity index (χ3v) is 3.91. The van der Waals surface area contributed by atoms with Crippen molar-refractivity contribution in [2.45, 2.75) is 33.6 Å². The van der Waals surface area contributed by atoms with E-state index in [1.807, 2.05) is 55.5 Å². The SMILES string of the molecule is CCCN(CCC)CCOc1ccccc1Oc1ccccc1C.Cl. The van der Waals surface area contributed by atoms with E-state index in [1.54, 1.807) is 0 Å². The van der Waals surface area contributed by atoms with Gasteiger partial charge in [0, 0.05) is 6.54 Å². The predicted molar refractivity (Wildman–Crippen MR) is 107 cm³/mol. The number of para-hydroxylation sites is 3. The fourth-order valence-electron chi connectivity index (χ4n) is 2.70. The van der Waals surface area contributed by atoms with Gasteiger partial charge < -0.3 is 9.47 Å². The van der Waals surface area contributed by atoms with Gasteiger partial charge in [0.1, 0.15) is 12.4 Å². The Morgan fingerprint density at radius 2 is 1.32 bits per heavy atom. The zero-order chi connectivity index (χ0) is 17.2. The summed E-state index contributed by atoms with van der Waals surface area (Å²) >= 11 is 0. The molecule has 0 aliphatic carbocycles. The first-order valence-corrected chi connectivity index (χ1v) is 8.92. The maximum absolute atomic E-state index is 6.05. The summed E-state index contributed by atoms with van der Waals surface area (Å²) in [6.07, 6.45) is 2.35. The molecule has 2 aromatic rings.